The lowest BCUT2D eigenvalue weighted by molar-refractivity contribution is -0.143. The third-order valence-electron chi connectivity index (χ3n) is 8.18. The molecule has 1 saturated heterocycles. The highest BCUT2D eigenvalue weighted by Crippen LogP contribution is 2.40. The second kappa shape index (κ2) is 13.9. The molecule has 1 aromatic rings. The van der Waals surface area contributed by atoms with Gasteiger partial charge in [0, 0.05) is 54.8 Å². The summed E-state index contributed by atoms with van der Waals surface area (Å²) >= 11 is 0. The maximum Gasteiger partial charge on any atom is 0.325 e. The molecule has 3 aliphatic rings. The van der Waals surface area contributed by atoms with Crippen LogP contribution >= 0.6 is 0 Å². The van der Waals surface area contributed by atoms with Crippen molar-refractivity contribution in [2.24, 2.45) is 0 Å². The number of carbonyl (C=O) groups is 1. The van der Waals surface area contributed by atoms with Crippen molar-refractivity contribution in [3.05, 3.63) is 65.2 Å². The number of rotatable bonds is 13. The van der Waals surface area contributed by atoms with Gasteiger partial charge < -0.3 is 15.2 Å². The lowest BCUT2D eigenvalue weighted by Gasteiger charge is -2.31. The third-order valence-corrected chi connectivity index (χ3v) is 8.18. The Labute approximate surface area is 222 Å². The van der Waals surface area contributed by atoms with E-state index in [0.717, 1.165) is 75.8 Å². The van der Waals surface area contributed by atoms with Crippen LogP contribution in [0, 0.1) is 0 Å². The van der Waals surface area contributed by atoms with Crippen molar-refractivity contribution in [1.82, 2.24) is 15.2 Å². The van der Waals surface area contributed by atoms with Crippen LogP contribution in [0.3, 0.4) is 0 Å². The molecule has 0 bridgehead atoms. The SMILES string of the molecule is CC/C=C/C=C\C1=C(C)NC(CCCCOC2CCN(C(C(=O)O)c3cccnc3C3CCC3)C2)CC1. The van der Waals surface area contributed by atoms with Crippen molar-refractivity contribution in [3.63, 3.8) is 0 Å². The van der Waals surface area contributed by atoms with E-state index in [0.29, 0.717) is 18.5 Å². The quantitative estimate of drug-likeness (QED) is 0.242. The molecule has 2 fully saturated rings. The monoisotopic (exact) mass is 507 g/mol. The number of pyridine rings is 1. The third kappa shape index (κ3) is 7.55. The van der Waals surface area contributed by atoms with Crippen LogP contribution in [0.25, 0.3) is 0 Å². The molecule has 2 aliphatic heterocycles. The van der Waals surface area contributed by atoms with Crippen LogP contribution in [0.5, 0.6) is 0 Å². The van der Waals surface area contributed by atoms with Crippen molar-refractivity contribution in [3.8, 4) is 0 Å². The van der Waals surface area contributed by atoms with Crippen LogP contribution in [-0.2, 0) is 9.53 Å². The van der Waals surface area contributed by atoms with E-state index in [9.17, 15) is 9.90 Å². The fraction of sp³-hybridized carbons (Fsp3) is 0.613. The van der Waals surface area contributed by atoms with Gasteiger partial charge in [-0.15, -0.1) is 0 Å². The standard InChI is InChI=1S/C31H45N3O3/c1-3-4-5-6-11-24-16-17-26(33-23(24)2)14-7-8-21-37-27-18-20-34(22-27)30(31(35)36)28-15-10-19-32-29(28)25-12-9-13-25/h4-6,10-11,15,19,25-27,30,33H,3,7-9,12-14,16-18,20-22H2,1-2H3,(H,35,36)/b5-4+,11-6-. The smallest absolute Gasteiger partial charge is 0.325 e. The maximum absolute atomic E-state index is 12.3. The van der Waals surface area contributed by atoms with E-state index in [-0.39, 0.29) is 6.10 Å². The van der Waals surface area contributed by atoms with Gasteiger partial charge in [-0.05, 0) is 76.4 Å². The molecule has 6 nitrogen and oxygen atoms in total. The van der Waals surface area contributed by atoms with Crippen LogP contribution in [0.4, 0.5) is 0 Å². The summed E-state index contributed by atoms with van der Waals surface area (Å²) in [6, 6.07) is 3.75. The summed E-state index contributed by atoms with van der Waals surface area (Å²) in [5, 5.41) is 13.8. The van der Waals surface area contributed by atoms with Gasteiger partial charge in [0.25, 0.3) is 0 Å². The highest BCUT2D eigenvalue weighted by Gasteiger charge is 2.37. The molecule has 0 amide bonds. The summed E-state index contributed by atoms with van der Waals surface area (Å²) in [6.07, 6.45) is 21.7. The molecule has 6 heteroatoms. The van der Waals surface area contributed by atoms with E-state index in [1.165, 1.54) is 24.1 Å². The number of likely N-dealkylation sites (tertiary alicyclic amines) is 1. The Bertz CT molecular complexity index is 982. The Morgan fingerprint density at radius 3 is 2.86 bits per heavy atom. The fourth-order valence-electron chi connectivity index (χ4n) is 5.84. The summed E-state index contributed by atoms with van der Waals surface area (Å²) in [5.74, 6) is -0.369. The molecule has 3 atom stereocenters. The van der Waals surface area contributed by atoms with Crippen molar-refractivity contribution >= 4 is 5.97 Å². The number of unbranched alkanes of at least 4 members (excludes halogenated alkanes) is 1. The van der Waals surface area contributed by atoms with Crippen LogP contribution < -0.4 is 5.32 Å². The number of allylic oxidation sites excluding steroid dienone is 6. The Morgan fingerprint density at radius 1 is 1.27 bits per heavy atom. The number of hydrogen-bond donors (Lipinski definition) is 2. The summed E-state index contributed by atoms with van der Waals surface area (Å²) in [5.41, 5.74) is 4.59. The predicted molar refractivity (Wildman–Crippen MR) is 148 cm³/mol. The van der Waals surface area contributed by atoms with Gasteiger partial charge in [-0.25, -0.2) is 0 Å². The van der Waals surface area contributed by atoms with E-state index in [4.69, 9.17) is 4.74 Å². The van der Waals surface area contributed by atoms with E-state index >= 15 is 0 Å². The van der Waals surface area contributed by atoms with Crippen molar-refractivity contribution < 1.29 is 14.6 Å². The Hall–Kier alpha value is -2.44. The van der Waals surface area contributed by atoms with Crippen LogP contribution in [0.15, 0.2) is 53.9 Å². The minimum absolute atomic E-state index is 0.111. The van der Waals surface area contributed by atoms with Gasteiger partial charge in [-0.1, -0.05) is 43.7 Å². The predicted octanol–water partition coefficient (Wildman–Crippen LogP) is 6.28. The van der Waals surface area contributed by atoms with Crippen molar-refractivity contribution in [2.45, 2.75) is 102 Å². The first-order chi connectivity index (χ1) is 18.1. The number of ether oxygens (including phenoxy) is 1. The second-order valence-electron chi connectivity index (χ2n) is 10.8. The first-order valence-electron chi connectivity index (χ1n) is 14.4. The molecular weight excluding hydrogens is 462 g/mol. The topological polar surface area (TPSA) is 74.7 Å². The van der Waals surface area contributed by atoms with Gasteiger partial charge in [-0.2, -0.15) is 0 Å². The fourth-order valence-corrected chi connectivity index (χ4v) is 5.84. The molecule has 1 aliphatic carbocycles. The number of nitrogens with one attached hydrogen (secondary N) is 1. The van der Waals surface area contributed by atoms with Crippen molar-refractivity contribution in [1.29, 1.82) is 0 Å². The first kappa shape index (κ1) is 27.6. The highest BCUT2D eigenvalue weighted by atomic mass is 16.5. The molecule has 0 radical (unpaired) electrons. The molecule has 4 rings (SSSR count). The minimum Gasteiger partial charge on any atom is -0.480 e. The summed E-state index contributed by atoms with van der Waals surface area (Å²) < 4.78 is 6.21. The van der Waals surface area contributed by atoms with Crippen LogP contribution in [-0.4, -0.2) is 52.8 Å². The van der Waals surface area contributed by atoms with Gasteiger partial charge in [0.2, 0.25) is 0 Å². The lowest BCUT2D eigenvalue weighted by atomic mass is 9.80. The molecule has 37 heavy (non-hydrogen) atoms. The van der Waals surface area contributed by atoms with Gasteiger partial charge in [0.15, 0.2) is 0 Å². The summed E-state index contributed by atoms with van der Waals surface area (Å²) in [6.45, 7) is 6.51. The van der Waals surface area contributed by atoms with Gasteiger partial charge in [0.05, 0.1) is 6.10 Å². The Balaban J connectivity index is 1.18. The number of aliphatic carboxylic acids is 1. The number of hydrogen-bond acceptors (Lipinski definition) is 5. The molecule has 202 valence electrons. The normalized spacial score (nSPS) is 24.1. The lowest BCUT2D eigenvalue weighted by Crippen LogP contribution is -2.35. The second-order valence-corrected chi connectivity index (χ2v) is 10.8. The van der Waals surface area contributed by atoms with Crippen molar-refractivity contribution in [2.75, 3.05) is 19.7 Å². The molecule has 3 heterocycles. The average molecular weight is 508 g/mol. The van der Waals surface area contributed by atoms with E-state index in [1.807, 2.05) is 12.1 Å². The van der Waals surface area contributed by atoms with E-state index < -0.39 is 12.0 Å². The van der Waals surface area contributed by atoms with Gasteiger partial charge >= 0.3 is 5.97 Å². The first-order valence-corrected chi connectivity index (χ1v) is 14.4. The van der Waals surface area contributed by atoms with Gasteiger partial charge in [-0.3, -0.25) is 14.7 Å². The molecule has 1 saturated carbocycles. The number of aromatic nitrogens is 1. The zero-order valence-corrected chi connectivity index (χ0v) is 22.7. The molecular formula is C31H45N3O3. The van der Waals surface area contributed by atoms with E-state index in [1.54, 1.807) is 6.20 Å². The van der Waals surface area contributed by atoms with E-state index in [2.05, 4.69) is 53.4 Å². The average Bonchev–Trinajstić information content (AvgIpc) is 3.31. The largest absolute Gasteiger partial charge is 0.480 e. The summed E-state index contributed by atoms with van der Waals surface area (Å²) in [4.78, 5) is 19.0. The Kier molecular flexibility index (Phi) is 10.4. The highest BCUT2D eigenvalue weighted by molar-refractivity contribution is 5.76. The number of carboxylic acids is 1. The Morgan fingerprint density at radius 2 is 2.14 bits per heavy atom. The molecule has 0 aromatic carbocycles. The number of nitrogens with zero attached hydrogens (tertiary/aromatic N) is 2. The molecule has 1 aromatic heterocycles. The maximum atomic E-state index is 12.3. The van der Waals surface area contributed by atoms with Crippen LogP contribution in [0.1, 0.15) is 101 Å². The molecule has 2 N–H and O–H groups in total. The minimum atomic E-state index is -0.783. The van der Waals surface area contributed by atoms with Gasteiger partial charge in [0.1, 0.15) is 6.04 Å². The zero-order chi connectivity index (χ0) is 26.0. The molecule has 0 spiro atoms. The zero-order valence-electron chi connectivity index (χ0n) is 22.7. The van der Waals surface area contributed by atoms with Crippen LogP contribution in [0.2, 0.25) is 0 Å². The molecule has 3 unspecified atom stereocenters. The summed E-state index contributed by atoms with van der Waals surface area (Å²) in [7, 11) is 0. The number of carboxylic acid groups (broad SMARTS) is 1.